The Bertz CT molecular complexity index is 1670. The fourth-order valence-electron chi connectivity index (χ4n) is 5.88. The van der Waals surface area contributed by atoms with Gasteiger partial charge in [-0.15, -0.1) is 0 Å². The van der Waals surface area contributed by atoms with Gasteiger partial charge in [0, 0.05) is 10.8 Å². The van der Waals surface area contributed by atoms with Gasteiger partial charge in [-0.25, -0.2) is 0 Å². The van der Waals surface area contributed by atoms with E-state index in [1.807, 2.05) is 0 Å². The average Bonchev–Trinajstić information content (AvgIpc) is 2.87. The fourth-order valence-corrected chi connectivity index (χ4v) is 7.61. The van der Waals surface area contributed by atoms with Crippen molar-refractivity contribution in [2.24, 2.45) is 0 Å². The van der Waals surface area contributed by atoms with Crippen LogP contribution in [0.25, 0.3) is 12.2 Å². The minimum absolute atomic E-state index is 0.289. The van der Waals surface area contributed by atoms with E-state index in [2.05, 4.69) is 142 Å². The van der Waals surface area contributed by atoms with Crippen molar-refractivity contribution in [3.63, 3.8) is 0 Å². The molecule has 0 heterocycles. The van der Waals surface area contributed by atoms with Gasteiger partial charge in [0.2, 0.25) is 5.30 Å². The molecule has 0 N–H and O–H groups in total. The first-order chi connectivity index (χ1) is 18.9. The highest BCUT2D eigenvalue weighted by Gasteiger charge is 2.30. The molecular formula is C38H44OP+. The van der Waals surface area contributed by atoms with Crippen LogP contribution in [0.3, 0.4) is 0 Å². The molecule has 0 aliphatic heterocycles. The van der Waals surface area contributed by atoms with E-state index in [1.54, 1.807) is 0 Å². The maximum Gasteiger partial charge on any atom is 0.416 e. The van der Waals surface area contributed by atoms with Crippen molar-refractivity contribution in [3.8, 4) is 0 Å². The van der Waals surface area contributed by atoms with Gasteiger partial charge in [0.05, 0.1) is 0 Å². The highest BCUT2D eigenvalue weighted by atomic mass is 31.1. The smallest absolute Gasteiger partial charge is 0.0612 e. The Morgan fingerprint density at radius 1 is 0.600 bits per heavy atom. The fraction of sp³-hybridized carbons (Fsp3) is 0.316. The lowest BCUT2D eigenvalue weighted by atomic mass is 9.97. The zero-order valence-corrected chi connectivity index (χ0v) is 26.8. The first-order valence-electron chi connectivity index (χ1n) is 14.5. The van der Waals surface area contributed by atoms with Crippen LogP contribution in [0.4, 0.5) is 0 Å². The van der Waals surface area contributed by atoms with E-state index in [9.17, 15) is 4.57 Å². The largest absolute Gasteiger partial charge is 0.416 e. The zero-order valence-electron chi connectivity index (χ0n) is 25.9. The van der Waals surface area contributed by atoms with Gasteiger partial charge in [0.1, 0.15) is 0 Å². The third-order valence-corrected chi connectivity index (χ3v) is 9.61. The number of hydrogen-bond donors (Lipinski definition) is 0. The molecule has 4 aromatic rings. The van der Waals surface area contributed by atoms with Crippen molar-refractivity contribution >= 4 is 30.6 Å². The molecular weight excluding hydrogens is 503 g/mol. The summed E-state index contributed by atoms with van der Waals surface area (Å²) < 4.78 is 14.7. The van der Waals surface area contributed by atoms with Crippen molar-refractivity contribution < 1.29 is 4.57 Å². The quantitative estimate of drug-likeness (QED) is 0.222. The predicted molar refractivity (Wildman–Crippen MR) is 176 cm³/mol. The lowest BCUT2D eigenvalue weighted by molar-refractivity contribution is 0.597. The Kier molecular flexibility index (Phi) is 8.96. The number of aryl methyl sites for hydroxylation is 6. The van der Waals surface area contributed by atoms with Crippen LogP contribution in [-0.2, 0) is 4.57 Å². The molecule has 0 amide bonds. The normalized spacial score (nSPS) is 13.1. The number of hydrogen-bond acceptors (Lipinski definition) is 1. The second-order valence-corrected chi connectivity index (χ2v) is 13.7. The Balaban J connectivity index is 2.11. The van der Waals surface area contributed by atoms with Crippen LogP contribution in [0.1, 0.15) is 95.2 Å². The first-order valence-corrected chi connectivity index (χ1v) is 15.7. The van der Waals surface area contributed by atoms with E-state index in [0.29, 0.717) is 5.92 Å². The predicted octanol–water partition coefficient (Wildman–Crippen LogP) is 8.22. The Labute approximate surface area is 242 Å². The van der Waals surface area contributed by atoms with Gasteiger partial charge >= 0.3 is 7.80 Å². The van der Waals surface area contributed by atoms with E-state index >= 15 is 0 Å². The zero-order chi connectivity index (χ0) is 29.3. The third kappa shape index (κ3) is 6.21. The van der Waals surface area contributed by atoms with Crippen LogP contribution in [0.5, 0.6) is 0 Å². The van der Waals surface area contributed by atoms with Crippen molar-refractivity contribution in [1.29, 1.82) is 0 Å². The van der Waals surface area contributed by atoms with Gasteiger partial charge in [-0.3, -0.25) is 0 Å². The number of rotatable bonds is 6. The summed E-state index contributed by atoms with van der Waals surface area (Å²) in [5.41, 5.74) is 12.3. The minimum atomic E-state index is -1.82. The summed E-state index contributed by atoms with van der Waals surface area (Å²) in [6.45, 7) is 21.8. The lowest BCUT2D eigenvalue weighted by Gasteiger charge is -2.11. The van der Waals surface area contributed by atoms with Gasteiger partial charge in [-0.1, -0.05) is 91.9 Å². The SMILES string of the molecule is Cc1cc(C)c(C=c2cccc([P+](=O)c3cc(C(C)C)ccc3C(C)C)c2=Cc2c(C)cc(C)cc2C)c(C)c1. The van der Waals surface area contributed by atoms with Crippen LogP contribution >= 0.6 is 7.80 Å². The van der Waals surface area contributed by atoms with Crippen LogP contribution in [-0.4, -0.2) is 0 Å². The van der Waals surface area contributed by atoms with Crippen molar-refractivity contribution in [2.45, 2.75) is 81.1 Å². The Morgan fingerprint density at radius 3 is 1.62 bits per heavy atom. The van der Waals surface area contributed by atoms with E-state index in [0.717, 1.165) is 21.0 Å². The highest BCUT2D eigenvalue weighted by molar-refractivity contribution is 7.61. The van der Waals surface area contributed by atoms with Crippen molar-refractivity contribution in [2.75, 3.05) is 0 Å². The molecule has 1 unspecified atom stereocenters. The molecule has 206 valence electrons. The summed E-state index contributed by atoms with van der Waals surface area (Å²) >= 11 is 0. The van der Waals surface area contributed by atoms with E-state index < -0.39 is 7.80 Å². The molecule has 0 aliphatic rings. The molecule has 0 radical (unpaired) electrons. The molecule has 0 spiro atoms. The standard InChI is InChI=1S/C38H44OP/c1-23(2)31-14-15-33(24(3)4)38(21-31)40(39)37-13-11-12-32(20-34-27(7)16-25(5)17-28(34)8)36(37)22-35-29(9)18-26(6)19-30(35)10/h11-24H,1-10H3/q+1. The highest BCUT2D eigenvalue weighted by Crippen LogP contribution is 2.28. The van der Waals surface area contributed by atoms with Gasteiger partial charge in [0.15, 0.2) is 5.30 Å². The van der Waals surface area contributed by atoms with E-state index in [4.69, 9.17) is 0 Å². The maximum absolute atomic E-state index is 14.7. The maximum atomic E-state index is 14.7. The molecule has 0 bridgehead atoms. The summed E-state index contributed by atoms with van der Waals surface area (Å²) in [5, 5.41) is 4.00. The second-order valence-electron chi connectivity index (χ2n) is 12.1. The molecule has 0 aliphatic carbocycles. The van der Waals surface area contributed by atoms with Gasteiger partial charge in [-0.05, 0) is 122 Å². The summed E-state index contributed by atoms with van der Waals surface area (Å²) in [6.07, 6.45) is 4.56. The minimum Gasteiger partial charge on any atom is -0.0612 e. The molecule has 0 fully saturated rings. The second kappa shape index (κ2) is 12.1. The van der Waals surface area contributed by atoms with Gasteiger partial charge in [0.25, 0.3) is 0 Å². The third-order valence-electron chi connectivity index (χ3n) is 7.96. The summed E-state index contributed by atoms with van der Waals surface area (Å²) in [5.74, 6) is 0.663. The molecule has 1 nitrogen and oxygen atoms in total. The monoisotopic (exact) mass is 547 g/mol. The summed E-state index contributed by atoms with van der Waals surface area (Å²) in [7, 11) is -1.82. The van der Waals surface area contributed by atoms with E-state index in [-0.39, 0.29) is 5.92 Å². The van der Waals surface area contributed by atoms with Crippen LogP contribution in [0.15, 0.2) is 60.7 Å². The molecule has 2 heteroatoms. The van der Waals surface area contributed by atoms with Crippen LogP contribution < -0.4 is 21.0 Å². The molecule has 4 rings (SSSR count). The van der Waals surface area contributed by atoms with Crippen molar-refractivity contribution in [3.05, 3.63) is 127 Å². The summed E-state index contributed by atoms with van der Waals surface area (Å²) in [4.78, 5) is 0. The molecule has 4 aromatic carbocycles. The molecule has 0 saturated heterocycles. The molecule has 0 saturated carbocycles. The van der Waals surface area contributed by atoms with Crippen LogP contribution in [0, 0.1) is 41.5 Å². The lowest BCUT2D eigenvalue weighted by Crippen LogP contribution is -2.38. The van der Waals surface area contributed by atoms with Crippen LogP contribution in [0.2, 0.25) is 0 Å². The van der Waals surface area contributed by atoms with Gasteiger partial charge in [-0.2, -0.15) is 0 Å². The topological polar surface area (TPSA) is 17.1 Å². The first kappa shape index (κ1) is 29.7. The van der Waals surface area contributed by atoms with Gasteiger partial charge < -0.3 is 0 Å². The van der Waals surface area contributed by atoms with E-state index in [1.165, 1.54) is 55.6 Å². The molecule has 1 atom stereocenters. The number of benzene rings is 4. The van der Waals surface area contributed by atoms with Crippen molar-refractivity contribution in [1.82, 2.24) is 0 Å². The molecule has 0 aromatic heterocycles. The average molecular weight is 548 g/mol. The molecule has 40 heavy (non-hydrogen) atoms. The summed E-state index contributed by atoms with van der Waals surface area (Å²) in [6, 6.07) is 21.9. The Hall–Kier alpha value is -3.28. The Morgan fingerprint density at radius 2 is 1.12 bits per heavy atom.